The number of carboxylic acid groups (broad SMARTS) is 1. The molecule has 1 unspecified atom stereocenters. The summed E-state index contributed by atoms with van der Waals surface area (Å²) in [6.07, 6.45) is 0.853. The summed E-state index contributed by atoms with van der Waals surface area (Å²) in [5.74, 6) is -0.842. The quantitative estimate of drug-likeness (QED) is 0.626. The minimum absolute atomic E-state index is 0.00438. The lowest BCUT2D eigenvalue weighted by molar-refractivity contribution is -0.139. The molecule has 0 aromatic heterocycles. The normalized spacial score (nSPS) is 18.6. The number of nitrogens with one attached hydrogen (secondary N) is 2. The second-order valence-corrected chi connectivity index (χ2v) is 5.88. The van der Waals surface area contributed by atoms with Crippen molar-refractivity contribution in [3.05, 3.63) is 0 Å². The summed E-state index contributed by atoms with van der Waals surface area (Å²) in [6, 6.07) is 0. The van der Waals surface area contributed by atoms with Crippen LogP contribution in [0.25, 0.3) is 0 Å². The van der Waals surface area contributed by atoms with Crippen molar-refractivity contribution in [2.75, 3.05) is 32.7 Å². The van der Waals surface area contributed by atoms with E-state index in [-0.39, 0.29) is 18.2 Å². The first-order valence-electron chi connectivity index (χ1n) is 7.33. The lowest BCUT2D eigenvalue weighted by atomic mass is 9.98. The summed E-state index contributed by atoms with van der Waals surface area (Å²) in [7, 11) is 0. The molecule has 1 heterocycles. The molecule has 1 fully saturated rings. The van der Waals surface area contributed by atoms with Crippen LogP contribution in [-0.2, 0) is 9.59 Å². The van der Waals surface area contributed by atoms with Crippen LogP contribution < -0.4 is 10.6 Å². The number of carboxylic acids is 1. The van der Waals surface area contributed by atoms with Gasteiger partial charge >= 0.3 is 5.97 Å². The van der Waals surface area contributed by atoms with Crippen LogP contribution in [0.5, 0.6) is 0 Å². The fraction of sp³-hybridized carbons (Fsp3) is 0.857. The Hall–Kier alpha value is -1.14. The van der Waals surface area contributed by atoms with Crippen LogP contribution in [0, 0.1) is 5.92 Å². The molecule has 0 bridgehead atoms. The monoisotopic (exact) mass is 285 g/mol. The lowest BCUT2D eigenvalue weighted by Crippen LogP contribution is -2.60. The highest BCUT2D eigenvalue weighted by Crippen LogP contribution is 2.16. The maximum absolute atomic E-state index is 12.3. The van der Waals surface area contributed by atoms with E-state index in [2.05, 4.69) is 15.5 Å². The van der Waals surface area contributed by atoms with Gasteiger partial charge in [-0.2, -0.15) is 0 Å². The third kappa shape index (κ3) is 4.76. The second-order valence-electron chi connectivity index (χ2n) is 5.88. The Kier molecular flexibility index (Phi) is 6.42. The third-order valence-electron chi connectivity index (χ3n) is 4.06. The number of hydrogen-bond donors (Lipinski definition) is 3. The Morgan fingerprint density at radius 1 is 1.35 bits per heavy atom. The van der Waals surface area contributed by atoms with E-state index in [1.165, 1.54) is 0 Å². The SMILES string of the molecule is CCC(CNC(=O)C(C)(C)N1CCNCC1)CC(=O)O. The molecule has 1 rings (SSSR count). The van der Waals surface area contributed by atoms with Crippen LogP contribution in [-0.4, -0.2) is 60.1 Å². The molecule has 1 saturated heterocycles. The van der Waals surface area contributed by atoms with E-state index in [9.17, 15) is 9.59 Å². The molecule has 0 aromatic carbocycles. The third-order valence-corrected chi connectivity index (χ3v) is 4.06. The number of rotatable bonds is 7. The fourth-order valence-corrected chi connectivity index (χ4v) is 2.43. The first-order chi connectivity index (χ1) is 9.37. The smallest absolute Gasteiger partial charge is 0.303 e. The summed E-state index contributed by atoms with van der Waals surface area (Å²) in [5, 5.41) is 15.0. The van der Waals surface area contributed by atoms with E-state index in [4.69, 9.17) is 5.11 Å². The Morgan fingerprint density at radius 3 is 2.45 bits per heavy atom. The van der Waals surface area contributed by atoms with Crippen LogP contribution >= 0.6 is 0 Å². The van der Waals surface area contributed by atoms with Gasteiger partial charge in [0.05, 0.1) is 5.54 Å². The molecule has 0 spiro atoms. The number of piperazine rings is 1. The van der Waals surface area contributed by atoms with Crippen LogP contribution in [0.4, 0.5) is 0 Å². The molecule has 0 aliphatic carbocycles. The zero-order chi connectivity index (χ0) is 15.2. The van der Waals surface area contributed by atoms with Crippen molar-refractivity contribution in [2.24, 2.45) is 5.92 Å². The van der Waals surface area contributed by atoms with Crippen molar-refractivity contribution in [1.29, 1.82) is 0 Å². The number of nitrogens with zero attached hydrogens (tertiary/aromatic N) is 1. The Bertz CT molecular complexity index is 339. The Labute approximate surface area is 120 Å². The summed E-state index contributed by atoms with van der Waals surface area (Å²) < 4.78 is 0. The molecule has 3 N–H and O–H groups in total. The molecule has 6 heteroatoms. The van der Waals surface area contributed by atoms with Gasteiger partial charge in [0.25, 0.3) is 0 Å². The van der Waals surface area contributed by atoms with Crippen LogP contribution in [0.3, 0.4) is 0 Å². The second kappa shape index (κ2) is 7.59. The van der Waals surface area contributed by atoms with Crippen molar-refractivity contribution in [3.8, 4) is 0 Å². The van der Waals surface area contributed by atoms with Crippen molar-refractivity contribution < 1.29 is 14.7 Å². The van der Waals surface area contributed by atoms with Gasteiger partial charge in [-0.25, -0.2) is 0 Å². The zero-order valence-electron chi connectivity index (χ0n) is 12.7. The number of aliphatic carboxylic acids is 1. The standard InChI is InChI=1S/C14H27N3O3/c1-4-11(9-12(18)19)10-16-13(20)14(2,3)17-7-5-15-6-8-17/h11,15H,4-10H2,1-3H3,(H,16,20)(H,18,19). The molecular weight excluding hydrogens is 258 g/mol. The maximum Gasteiger partial charge on any atom is 0.303 e. The molecule has 1 atom stereocenters. The molecular formula is C14H27N3O3. The number of hydrogen-bond acceptors (Lipinski definition) is 4. The van der Waals surface area contributed by atoms with E-state index >= 15 is 0 Å². The molecule has 1 aliphatic rings. The summed E-state index contributed by atoms with van der Waals surface area (Å²) >= 11 is 0. The average molecular weight is 285 g/mol. The molecule has 116 valence electrons. The van der Waals surface area contributed by atoms with Gasteiger partial charge in [-0.3, -0.25) is 14.5 Å². The van der Waals surface area contributed by atoms with Gasteiger partial charge in [0.2, 0.25) is 5.91 Å². The highest BCUT2D eigenvalue weighted by Gasteiger charge is 2.35. The van der Waals surface area contributed by atoms with E-state index in [0.29, 0.717) is 6.54 Å². The zero-order valence-corrected chi connectivity index (χ0v) is 12.7. The molecule has 20 heavy (non-hydrogen) atoms. The topological polar surface area (TPSA) is 81.7 Å². The largest absolute Gasteiger partial charge is 0.481 e. The van der Waals surface area contributed by atoms with Crippen LogP contribution in [0.1, 0.15) is 33.6 Å². The molecule has 0 saturated carbocycles. The number of amides is 1. The van der Waals surface area contributed by atoms with Crippen LogP contribution in [0.2, 0.25) is 0 Å². The predicted molar refractivity (Wildman–Crippen MR) is 77.6 cm³/mol. The highest BCUT2D eigenvalue weighted by atomic mass is 16.4. The van der Waals surface area contributed by atoms with Crippen molar-refractivity contribution in [2.45, 2.75) is 39.2 Å². The number of carbonyl (C=O) groups excluding carboxylic acids is 1. The van der Waals surface area contributed by atoms with Gasteiger partial charge in [-0.1, -0.05) is 13.3 Å². The van der Waals surface area contributed by atoms with Crippen LogP contribution in [0.15, 0.2) is 0 Å². The predicted octanol–water partition coefficient (Wildman–Crippen LogP) is 0.287. The maximum atomic E-state index is 12.3. The van der Waals surface area contributed by atoms with Gasteiger partial charge in [0.1, 0.15) is 0 Å². The molecule has 6 nitrogen and oxygen atoms in total. The summed E-state index contributed by atoms with van der Waals surface area (Å²) in [5.41, 5.74) is -0.552. The van der Waals surface area contributed by atoms with Crippen molar-refractivity contribution in [1.82, 2.24) is 15.5 Å². The van der Waals surface area contributed by atoms with Crippen molar-refractivity contribution in [3.63, 3.8) is 0 Å². The van der Waals surface area contributed by atoms with E-state index < -0.39 is 11.5 Å². The van der Waals surface area contributed by atoms with Crippen molar-refractivity contribution >= 4 is 11.9 Å². The molecule has 0 aromatic rings. The first-order valence-corrected chi connectivity index (χ1v) is 7.33. The van der Waals surface area contributed by atoms with Gasteiger partial charge in [0.15, 0.2) is 0 Å². The average Bonchev–Trinajstić information content (AvgIpc) is 2.43. The summed E-state index contributed by atoms with van der Waals surface area (Å²) in [6.45, 7) is 9.72. The Morgan fingerprint density at radius 2 is 1.95 bits per heavy atom. The van der Waals surface area contributed by atoms with Gasteiger partial charge in [-0.05, 0) is 19.8 Å². The van der Waals surface area contributed by atoms with Gasteiger partial charge < -0.3 is 15.7 Å². The summed E-state index contributed by atoms with van der Waals surface area (Å²) in [4.78, 5) is 25.2. The molecule has 1 amide bonds. The minimum atomic E-state index is -0.813. The van der Waals surface area contributed by atoms with E-state index in [1.807, 2.05) is 20.8 Å². The minimum Gasteiger partial charge on any atom is -0.481 e. The Balaban J connectivity index is 2.49. The first kappa shape index (κ1) is 16.9. The van der Waals surface area contributed by atoms with Gasteiger partial charge in [0, 0.05) is 39.1 Å². The lowest BCUT2D eigenvalue weighted by Gasteiger charge is -2.40. The fourth-order valence-electron chi connectivity index (χ4n) is 2.43. The molecule has 1 aliphatic heterocycles. The number of carbonyl (C=O) groups is 2. The van der Waals surface area contributed by atoms with E-state index in [1.54, 1.807) is 0 Å². The molecule has 0 radical (unpaired) electrons. The van der Waals surface area contributed by atoms with Gasteiger partial charge in [-0.15, -0.1) is 0 Å². The highest BCUT2D eigenvalue weighted by molar-refractivity contribution is 5.85. The van der Waals surface area contributed by atoms with E-state index in [0.717, 1.165) is 32.6 Å².